The van der Waals surface area contributed by atoms with Gasteiger partial charge in [-0.15, -0.1) is 11.3 Å². The van der Waals surface area contributed by atoms with E-state index in [-0.39, 0.29) is 11.8 Å². The average Bonchev–Trinajstić information content (AvgIpc) is 3.66. The molecule has 2 atom stereocenters. The number of ketones is 1. The summed E-state index contributed by atoms with van der Waals surface area (Å²) in [5, 5.41) is 5.93. The summed E-state index contributed by atoms with van der Waals surface area (Å²) in [7, 11) is 0. The molecular formula is C30H26N4OS. The first kappa shape index (κ1) is 21.5. The van der Waals surface area contributed by atoms with E-state index in [2.05, 4.69) is 40.8 Å². The second-order valence-corrected chi connectivity index (χ2v) is 10.8. The summed E-state index contributed by atoms with van der Waals surface area (Å²) in [5.41, 5.74) is 4.13. The quantitative estimate of drug-likeness (QED) is 0.284. The number of aryl methyl sites for hydroxylation is 1. The molecule has 2 aliphatic heterocycles. The number of Topliss-reactive ketones (excluding diaryl/α,β-unsaturated/α-hetero) is 1. The van der Waals surface area contributed by atoms with Crippen LogP contribution in [0.4, 0.5) is 5.82 Å². The molecule has 3 aromatic carbocycles. The molecule has 0 N–H and O–H groups in total. The summed E-state index contributed by atoms with van der Waals surface area (Å²) in [6.45, 7) is 2.98. The van der Waals surface area contributed by atoms with Gasteiger partial charge in [0.05, 0.1) is 27.6 Å². The van der Waals surface area contributed by atoms with E-state index in [9.17, 15) is 4.79 Å². The average molecular weight is 491 g/mol. The van der Waals surface area contributed by atoms with E-state index in [1.54, 1.807) is 11.3 Å². The molecule has 36 heavy (non-hydrogen) atoms. The molecule has 1 fully saturated rings. The maximum atomic E-state index is 14.7. The minimum absolute atomic E-state index is 0.0248. The van der Waals surface area contributed by atoms with Crippen LogP contribution in [0.3, 0.4) is 0 Å². The molecule has 7 rings (SSSR count). The zero-order valence-corrected chi connectivity index (χ0v) is 20.9. The maximum absolute atomic E-state index is 14.7. The van der Waals surface area contributed by atoms with Crippen molar-refractivity contribution in [2.75, 3.05) is 11.4 Å². The van der Waals surface area contributed by atoms with E-state index in [1.807, 2.05) is 60.7 Å². The molecule has 0 bridgehead atoms. The number of benzene rings is 3. The van der Waals surface area contributed by atoms with Gasteiger partial charge in [-0.1, -0.05) is 60.7 Å². The Labute approximate surface area is 214 Å². The molecule has 0 spiro atoms. The van der Waals surface area contributed by atoms with Crippen molar-refractivity contribution in [3.8, 4) is 5.69 Å². The van der Waals surface area contributed by atoms with Crippen LogP contribution in [0.15, 0.2) is 84.9 Å². The number of anilines is 1. The van der Waals surface area contributed by atoms with E-state index < -0.39 is 5.41 Å². The Balaban J connectivity index is 1.49. The van der Waals surface area contributed by atoms with Gasteiger partial charge >= 0.3 is 0 Å². The molecule has 0 aliphatic carbocycles. The molecule has 5 aromatic rings. The number of carbonyl (C=O) groups is 1. The Kier molecular flexibility index (Phi) is 4.86. The monoisotopic (exact) mass is 490 g/mol. The lowest BCUT2D eigenvalue weighted by atomic mass is 9.67. The Bertz CT molecular complexity index is 1560. The molecule has 1 saturated heterocycles. The van der Waals surface area contributed by atoms with Crippen molar-refractivity contribution >= 4 is 33.2 Å². The van der Waals surface area contributed by atoms with E-state index in [0.29, 0.717) is 6.42 Å². The summed E-state index contributed by atoms with van der Waals surface area (Å²) in [5.74, 6) is 1.30. The van der Waals surface area contributed by atoms with Gasteiger partial charge in [0.1, 0.15) is 16.2 Å². The predicted molar refractivity (Wildman–Crippen MR) is 144 cm³/mol. The lowest BCUT2D eigenvalue weighted by Crippen LogP contribution is -2.57. The maximum Gasteiger partial charge on any atom is 0.178 e. The third-order valence-electron chi connectivity index (χ3n) is 7.82. The number of carbonyl (C=O) groups excluding carboxylic acids is 1. The first-order chi connectivity index (χ1) is 17.7. The smallest absolute Gasteiger partial charge is 0.178 e. The van der Waals surface area contributed by atoms with Crippen LogP contribution in [-0.2, 0) is 11.8 Å². The number of para-hydroxylation sites is 2. The van der Waals surface area contributed by atoms with Crippen molar-refractivity contribution in [3.63, 3.8) is 0 Å². The van der Waals surface area contributed by atoms with Crippen molar-refractivity contribution in [1.82, 2.24) is 14.8 Å². The number of fused-ring (bicyclic) bond motifs is 4. The van der Waals surface area contributed by atoms with Gasteiger partial charge in [-0.2, -0.15) is 5.10 Å². The van der Waals surface area contributed by atoms with Crippen molar-refractivity contribution in [3.05, 3.63) is 107 Å². The van der Waals surface area contributed by atoms with Gasteiger partial charge in [-0.25, -0.2) is 9.67 Å². The third kappa shape index (κ3) is 3.04. The highest BCUT2D eigenvalue weighted by Crippen LogP contribution is 2.51. The summed E-state index contributed by atoms with van der Waals surface area (Å²) in [6, 6.07) is 28.4. The highest BCUT2D eigenvalue weighted by atomic mass is 32.1. The highest BCUT2D eigenvalue weighted by molar-refractivity contribution is 7.18. The Morgan fingerprint density at radius 3 is 2.47 bits per heavy atom. The molecule has 0 radical (unpaired) electrons. The first-order valence-corrected chi connectivity index (χ1v) is 13.3. The highest BCUT2D eigenvalue weighted by Gasteiger charge is 2.57. The van der Waals surface area contributed by atoms with Gasteiger partial charge < -0.3 is 4.90 Å². The summed E-state index contributed by atoms with van der Waals surface area (Å²) >= 11 is 1.67. The molecule has 4 heterocycles. The van der Waals surface area contributed by atoms with Gasteiger partial charge in [0.2, 0.25) is 0 Å². The van der Waals surface area contributed by atoms with E-state index >= 15 is 0 Å². The fourth-order valence-electron chi connectivity index (χ4n) is 6.18. The fraction of sp³-hybridized carbons (Fsp3) is 0.233. The Hall–Kier alpha value is -3.77. The lowest BCUT2D eigenvalue weighted by Gasteiger charge is -2.45. The van der Waals surface area contributed by atoms with Crippen LogP contribution in [0.2, 0.25) is 0 Å². The van der Waals surface area contributed by atoms with E-state index in [4.69, 9.17) is 10.1 Å². The Morgan fingerprint density at radius 1 is 0.972 bits per heavy atom. The van der Waals surface area contributed by atoms with Gasteiger partial charge in [0.25, 0.3) is 0 Å². The third-order valence-corrected chi connectivity index (χ3v) is 9.04. The second kappa shape index (κ2) is 8.14. The molecule has 0 unspecified atom stereocenters. The number of nitrogens with zero attached hydrogens (tertiary/aromatic N) is 4. The largest absolute Gasteiger partial charge is 0.352 e. The van der Waals surface area contributed by atoms with E-state index in [0.717, 1.165) is 62.9 Å². The van der Waals surface area contributed by atoms with Crippen molar-refractivity contribution < 1.29 is 4.79 Å². The predicted octanol–water partition coefficient (Wildman–Crippen LogP) is 6.14. The van der Waals surface area contributed by atoms with E-state index in [1.165, 1.54) is 0 Å². The SMILES string of the molecule is Cc1nn(-c2ccccc2)c2c1C[C@](C(=O)c1ccccc1)(c1nc3ccccc3s1)[C@@H]1CCCN21. The molecule has 6 heteroatoms. The van der Waals surface area contributed by atoms with Crippen LogP contribution in [0.25, 0.3) is 15.9 Å². The van der Waals surface area contributed by atoms with Crippen LogP contribution in [0, 0.1) is 6.92 Å². The van der Waals surface area contributed by atoms with Crippen LogP contribution >= 0.6 is 11.3 Å². The number of hydrogen-bond donors (Lipinski definition) is 0. The Morgan fingerprint density at radius 2 is 1.69 bits per heavy atom. The summed E-state index contributed by atoms with van der Waals surface area (Å²) < 4.78 is 3.21. The second-order valence-electron chi connectivity index (χ2n) is 9.82. The summed E-state index contributed by atoms with van der Waals surface area (Å²) in [4.78, 5) is 22.2. The molecule has 5 nitrogen and oxygen atoms in total. The topological polar surface area (TPSA) is 51.0 Å². The van der Waals surface area contributed by atoms with Crippen LogP contribution in [0.1, 0.15) is 39.5 Å². The zero-order chi connectivity index (χ0) is 24.3. The summed E-state index contributed by atoms with van der Waals surface area (Å²) in [6.07, 6.45) is 2.60. The molecule has 2 aliphatic rings. The van der Waals surface area contributed by atoms with Gasteiger partial charge in [0, 0.05) is 17.7 Å². The van der Waals surface area contributed by atoms with Crippen LogP contribution < -0.4 is 4.90 Å². The van der Waals surface area contributed by atoms with Crippen molar-refractivity contribution in [1.29, 1.82) is 0 Å². The van der Waals surface area contributed by atoms with Gasteiger partial charge in [-0.05, 0) is 50.5 Å². The van der Waals surface area contributed by atoms with Gasteiger partial charge in [0.15, 0.2) is 5.78 Å². The molecule has 0 saturated carbocycles. The van der Waals surface area contributed by atoms with Crippen LogP contribution in [-0.4, -0.2) is 33.1 Å². The zero-order valence-electron chi connectivity index (χ0n) is 20.1. The molecule has 2 aromatic heterocycles. The van der Waals surface area contributed by atoms with Crippen molar-refractivity contribution in [2.24, 2.45) is 0 Å². The number of rotatable bonds is 4. The number of thiazole rings is 1. The number of aromatic nitrogens is 3. The normalized spacial score (nSPS) is 20.9. The minimum atomic E-state index is -0.760. The van der Waals surface area contributed by atoms with Crippen molar-refractivity contribution in [2.45, 2.75) is 37.6 Å². The molecular weight excluding hydrogens is 464 g/mol. The molecule has 0 amide bonds. The van der Waals surface area contributed by atoms with Crippen LogP contribution in [0.5, 0.6) is 0 Å². The lowest BCUT2D eigenvalue weighted by molar-refractivity contribution is 0.0849. The minimum Gasteiger partial charge on any atom is -0.352 e. The fourth-order valence-corrected chi connectivity index (χ4v) is 7.38. The first-order valence-electron chi connectivity index (χ1n) is 12.5. The molecule has 178 valence electrons. The standard InChI is InChI=1S/C30H26N4OS/c1-20-23-19-30(27(35)21-11-4-2-5-12-21,29-31-24-15-8-9-16-25(24)36-29)26-17-10-18-33(26)28(23)34(32-20)22-13-6-3-7-14-22/h2-9,11-16,26H,10,17-19H2,1H3/t26-,30-/m0/s1. The van der Waals surface area contributed by atoms with Gasteiger partial charge in [-0.3, -0.25) is 4.79 Å². The number of hydrogen-bond acceptors (Lipinski definition) is 5.